The predicted octanol–water partition coefficient (Wildman–Crippen LogP) is 3.68. The fraction of sp³-hybridized carbons (Fsp3) is 0.364. The number of fused-ring (bicyclic) bond motifs is 1. The molecule has 2 fully saturated rings. The predicted molar refractivity (Wildman–Crippen MR) is 181 cm³/mol. The van der Waals surface area contributed by atoms with Crippen LogP contribution in [0.4, 0.5) is 4.39 Å². The van der Waals surface area contributed by atoms with E-state index in [-0.39, 0.29) is 11.7 Å². The molecular weight excluding hydrogens is 667 g/mol. The van der Waals surface area contributed by atoms with Gasteiger partial charge in [0.1, 0.15) is 5.82 Å². The second-order valence-electron chi connectivity index (χ2n) is 11.1. The van der Waals surface area contributed by atoms with E-state index >= 15 is 0 Å². The van der Waals surface area contributed by atoms with Crippen LogP contribution in [0.3, 0.4) is 0 Å². The molecule has 15 heteroatoms. The Balaban J connectivity index is 0.000000325. The van der Waals surface area contributed by atoms with Crippen molar-refractivity contribution in [3.8, 4) is 0 Å². The third-order valence-corrected chi connectivity index (χ3v) is 8.59. The topological polar surface area (TPSA) is 171 Å². The maximum absolute atomic E-state index is 13.5. The van der Waals surface area contributed by atoms with Crippen molar-refractivity contribution in [1.82, 2.24) is 20.0 Å². The molecular formula is C33H38ClFN4O8S. The van der Waals surface area contributed by atoms with E-state index in [9.17, 15) is 23.6 Å². The molecule has 1 aliphatic carbocycles. The molecule has 2 saturated heterocycles. The molecule has 0 spiro atoms. The Morgan fingerprint density at radius 1 is 0.812 bits per heavy atom. The molecule has 2 atom stereocenters. The minimum Gasteiger partial charge on any atom is -0.478 e. The minimum absolute atomic E-state index is 0.188. The number of hydrogen-bond donors (Lipinski definition) is 5. The molecule has 48 heavy (non-hydrogen) atoms. The van der Waals surface area contributed by atoms with Gasteiger partial charge in [-0.2, -0.15) is 0 Å². The van der Waals surface area contributed by atoms with Gasteiger partial charge in [0.15, 0.2) is 5.11 Å². The van der Waals surface area contributed by atoms with Crippen molar-refractivity contribution in [1.29, 1.82) is 0 Å². The number of hydrogen-bond acceptors (Lipinski definition) is 7. The number of carbonyl (C=O) groups is 4. The van der Waals surface area contributed by atoms with Crippen LogP contribution in [0.1, 0.15) is 41.5 Å². The van der Waals surface area contributed by atoms with Gasteiger partial charge < -0.3 is 30.6 Å². The van der Waals surface area contributed by atoms with E-state index in [0.29, 0.717) is 30.3 Å². The maximum atomic E-state index is 13.5. The summed E-state index contributed by atoms with van der Waals surface area (Å²) in [6.07, 6.45) is 4.42. The van der Waals surface area contributed by atoms with E-state index in [4.69, 9.17) is 44.2 Å². The molecule has 5 rings (SSSR count). The molecule has 0 unspecified atom stereocenters. The van der Waals surface area contributed by atoms with Gasteiger partial charge in [-0.15, -0.1) is 0 Å². The van der Waals surface area contributed by atoms with Crippen LogP contribution in [0, 0.1) is 5.82 Å². The number of piperazine rings is 1. The number of thiocarbonyl (C=S) groups is 1. The SMILES string of the molecule is Fc1ccc([C@H]2C[C@H](N3CCN(CCN4CCCNC4=S)CC3)c3ccc(Cl)cc32)cc1.O=C(O)/C=C\C(=O)O.O=C(O)/C=C\C(=O)O. The first-order valence-corrected chi connectivity index (χ1v) is 15.9. The number of benzene rings is 2. The molecule has 2 aliphatic heterocycles. The number of nitrogens with one attached hydrogen (secondary N) is 1. The molecule has 2 aromatic rings. The number of rotatable bonds is 9. The molecule has 0 radical (unpaired) electrons. The van der Waals surface area contributed by atoms with Crippen LogP contribution in [0.15, 0.2) is 66.8 Å². The molecule has 0 amide bonds. The quantitative estimate of drug-likeness (QED) is 0.189. The average Bonchev–Trinajstić information content (AvgIpc) is 3.42. The van der Waals surface area contributed by atoms with E-state index in [0.717, 1.165) is 75.3 Å². The van der Waals surface area contributed by atoms with Gasteiger partial charge in [-0.3, -0.25) is 9.80 Å². The van der Waals surface area contributed by atoms with E-state index in [1.54, 1.807) is 12.1 Å². The molecule has 12 nitrogen and oxygen atoms in total. The molecule has 3 aliphatic rings. The Kier molecular flexibility index (Phi) is 14.9. The summed E-state index contributed by atoms with van der Waals surface area (Å²) >= 11 is 11.8. The molecule has 5 N–H and O–H groups in total. The highest BCUT2D eigenvalue weighted by Gasteiger charge is 2.36. The highest BCUT2D eigenvalue weighted by Crippen LogP contribution is 2.47. The summed E-state index contributed by atoms with van der Waals surface area (Å²) in [6.45, 7) is 8.41. The Morgan fingerprint density at radius 2 is 1.38 bits per heavy atom. The van der Waals surface area contributed by atoms with Crippen LogP contribution in [0.25, 0.3) is 0 Å². The van der Waals surface area contributed by atoms with Gasteiger partial charge in [-0.25, -0.2) is 23.6 Å². The fourth-order valence-corrected chi connectivity index (χ4v) is 6.19. The summed E-state index contributed by atoms with van der Waals surface area (Å²) in [5, 5.41) is 36.2. The van der Waals surface area contributed by atoms with Gasteiger partial charge in [0.05, 0.1) is 0 Å². The second-order valence-corrected chi connectivity index (χ2v) is 11.9. The van der Waals surface area contributed by atoms with E-state index in [1.165, 1.54) is 16.7 Å². The molecule has 0 aromatic heterocycles. The Bertz CT molecular complexity index is 1450. The van der Waals surface area contributed by atoms with Gasteiger partial charge in [0, 0.05) is 93.6 Å². The number of carboxylic acid groups (broad SMARTS) is 4. The molecule has 2 heterocycles. The Labute approximate surface area is 287 Å². The van der Waals surface area contributed by atoms with Crippen molar-refractivity contribution >= 4 is 52.8 Å². The minimum atomic E-state index is -1.26. The zero-order chi connectivity index (χ0) is 35.2. The van der Waals surface area contributed by atoms with Crippen LogP contribution in [-0.2, 0) is 19.2 Å². The smallest absolute Gasteiger partial charge is 0.328 e. The van der Waals surface area contributed by atoms with Crippen LogP contribution in [0.2, 0.25) is 5.02 Å². The van der Waals surface area contributed by atoms with Gasteiger partial charge in [0.2, 0.25) is 0 Å². The molecule has 0 bridgehead atoms. The molecule has 258 valence electrons. The monoisotopic (exact) mass is 704 g/mol. The largest absolute Gasteiger partial charge is 0.478 e. The van der Waals surface area contributed by atoms with Crippen molar-refractivity contribution in [3.05, 3.63) is 94.3 Å². The number of halogens is 2. The molecule has 2 aromatic carbocycles. The number of carboxylic acids is 4. The summed E-state index contributed by atoms with van der Waals surface area (Å²) in [5.74, 6) is -4.95. The lowest BCUT2D eigenvalue weighted by Gasteiger charge is -2.39. The van der Waals surface area contributed by atoms with Gasteiger partial charge in [-0.1, -0.05) is 29.8 Å². The first-order valence-electron chi connectivity index (χ1n) is 15.2. The average molecular weight is 705 g/mol. The lowest BCUT2D eigenvalue weighted by Crippen LogP contribution is -2.52. The zero-order valence-corrected chi connectivity index (χ0v) is 27.6. The van der Waals surface area contributed by atoms with Crippen LogP contribution >= 0.6 is 23.8 Å². The summed E-state index contributed by atoms with van der Waals surface area (Å²) in [4.78, 5) is 45.7. The molecule has 0 saturated carbocycles. The van der Waals surface area contributed by atoms with Crippen molar-refractivity contribution in [2.75, 3.05) is 52.4 Å². The van der Waals surface area contributed by atoms with Gasteiger partial charge >= 0.3 is 23.9 Å². The third kappa shape index (κ3) is 12.3. The summed E-state index contributed by atoms with van der Waals surface area (Å²) in [5.41, 5.74) is 3.84. The summed E-state index contributed by atoms with van der Waals surface area (Å²) in [7, 11) is 0. The first-order chi connectivity index (χ1) is 22.8. The van der Waals surface area contributed by atoms with E-state index in [1.807, 2.05) is 18.2 Å². The number of aliphatic carboxylic acids is 4. The highest BCUT2D eigenvalue weighted by atomic mass is 35.5. The highest BCUT2D eigenvalue weighted by molar-refractivity contribution is 7.80. The summed E-state index contributed by atoms with van der Waals surface area (Å²) < 4.78 is 13.5. The van der Waals surface area contributed by atoms with Crippen molar-refractivity contribution in [2.45, 2.75) is 24.8 Å². The normalized spacial score (nSPS) is 19.5. The maximum Gasteiger partial charge on any atom is 0.328 e. The van der Waals surface area contributed by atoms with E-state index < -0.39 is 23.9 Å². The van der Waals surface area contributed by atoms with Crippen LogP contribution < -0.4 is 5.32 Å². The van der Waals surface area contributed by atoms with Crippen molar-refractivity contribution in [2.24, 2.45) is 0 Å². The zero-order valence-electron chi connectivity index (χ0n) is 26.0. The Morgan fingerprint density at radius 3 is 1.90 bits per heavy atom. The van der Waals surface area contributed by atoms with Crippen LogP contribution in [0.5, 0.6) is 0 Å². The van der Waals surface area contributed by atoms with Crippen molar-refractivity contribution < 1.29 is 44.0 Å². The lowest BCUT2D eigenvalue weighted by atomic mass is 9.93. The standard InChI is InChI=1S/C25H30ClFN4S.2C4H4O4/c26-19-4-7-21-23(16-19)22(18-2-5-20(27)6-3-18)17-24(21)30-13-10-29(11-14-30)12-15-31-9-1-8-28-25(31)32;2*5-3(6)1-2-4(7)8/h2-7,16,22,24H,1,8-15,17H2,(H,28,32);2*1-2H,(H,5,6)(H,7,8)/b;2*2-1-/t22-,24+;;/m1../s1. The second kappa shape index (κ2) is 18.8. The van der Waals surface area contributed by atoms with E-state index in [2.05, 4.69) is 32.1 Å². The Hall–Kier alpha value is -4.37. The van der Waals surface area contributed by atoms with Crippen LogP contribution in [-0.4, -0.2) is 116 Å². The lowest BCUT2D eigenvalue weighted by molar-refractivity contribution is -0.134. The first kappa shape index (κ1) is 38.1. The van der Waals surface area contributed by atoms with Gasteiger partial charge in [0.25, 0.3) is 0 Å². The van der Waals surface area contributed by atoms with Gasteiger partial charge in [-0.05, 0) is 66.0 Å². The summed E-state index contributed by atoms with van der Waals surface area (Å²) in [6, 6.07) is 13.7. The number of nitrogens with zero attached hydrogens (tertiary/aromatic N) is 3. The fourth-order valence-electron chi connectivity index (χ4n) is 5.72. The third-order valence-electron chi connectivity index (χ3n) is 7.95. The van der Waals surface area contributed by atoms with Crippen molar-refractivity contribution in [3.63, 3.8) is 0 Å².